The number of hydrogen-bond acceptors (Lipinski definition) is 6. The van der Waals surface area contributed by atoms with Crippen molar-refractivity contribution in [1.82, 2.24) is 9.55 Å². The van der Waals surface area contributed by atoms with Gasteiger partial charge in [0.15, 0.2) is 11.5 Å². The molecule has 7 nitrogen and oxygen atoms in total. The van der Waals surface area contributed by atoms with Crippen LogP contribution in [-0.4, -0.2) is 34.9 Å². The van der Waals surface area contributed by atoms with Crippen LogP contribution in [0, 0.1) is 0 Å². The maximum atomic E-state index is 12.9. The summed E-state index contributed by atoms with van der Waals surface area (Å²) in [5.41, 5.74) is 2.20. The number of methoxy groups -OCH3 is 1. The van der Waals surface area contributed by atoms with E-state index >= 15 is 0 Å². The maximum Gasteiger partial charge on any atom is 0.346 e. The van der Waals surface area contributed by atoms with E-state index in [2.05, 4.69) is 14.9 Å². The molecule has 0 fully saturated rings. The number of ether oxygens (including phenoxy) is 1. The summed E-state index contributed by atoms with van der Waals surface area (Å²) in [5.74, 6) is -0.158. The van der Waals surface area contributed by atoms with Crippen molar-refractivity contribution >= 4 is 22.6 Å². The number of aromatic nitrogens is 2. The van der Waals surface area contributed by atoms with Crippen LogP contribution in [0.15, 0.2) is 58.5 Å². The Morgan fingerprint density at radius 3 is 2.76 bits per heavy atom. The Bertz CT molecular complexity index is 1090. The van der Waals surface area contributed by atoms with Crippen molar-refractivity contribution in [2.75, 3.05) is 13.7 Å². The molecule has 7 heteroatoms. The first-order valence-electron chi connectivity index (χ1n) is 7.59. The van der Waals surface area contributed by atoms with Gasteiger partial charge in [0.2, 0.25) is 6.61 Å². The van der Waals surface area contributed by atoms with Crippen LogP contribution in [0.5, 0.6) is 0 Å². The molecule has 25 heavy (non-hydrogen) atoms. The highest BCUT2D eigenvalue weighted by atomic mass is 16.6. The van der Waals surface area contributed by atoms with Crippen LogP contribution in [0.2, 0.25) is 0 Å². The second-order valence-electron chi connectivity index (χ2n) is 5.40. The minimum absolute atomic E-state index is 0.175. The molecule has 0 N–H and O–H groups in total. The lowest BCUT2D eigenvalue weighted by atomic mass is 10.1. The average Bonchev–Trinajstić information content (AvgIpc) is 2.96. The molecule has 1 aliphatic heterocycles. The Labute approximate surface area is 142 Å². The van der Waals surface area contributed by atoms with E-state index in [-0.39, 0.29) is 12.2 Å². The van der Waals surface area contributed by atoms with Crippen molar-refractivity contribution in [3.8, 4) is 5.69 Å². The SMILES string of the molecule is COC(=O)CO/N=C1\c2ccccc2-n2c1nc1ccccc1c2=O. The third kappa shape index (κ3) is 2.37. The fraction of sp³-hybridized carbons (Fsp3) is 0.111. The average molecular weight is 335 g/mol. The first-order valence-corrected chi connectivity index (χ1v) is 7.59. The van der Waals surface area contributed by atoms with Crippen LogP contribution in [-0.2, 0) is 14.4 Å². The van der Waals surface area contributed by atoms with Crippen LogP contribution in [0.3, 0.4) is 0 Å². The number of carbonyl (C=O) groups excluding carboxylic acids is 1. The molecular formula is C18H13N3O4. The van der Waals surface area contributed by atoms with Gasteiger partial charge in [0.05, 0.1) is 23.7 Å². The molecule has 1 aromatic heterocycles. The van der Waals surface area contributed by atoms with Crippen LogP contribution in [0.25, 0.3) is 16.6 Å². The Morgan fingerprint density at radius 2 is 1.92 bits per heavy atom. The summed E-state index contributed by atoms with van der Waals surface area (Å²) in [4.78, 5) is 33.8. The molecule has 0 amide bonds. The van der Waals surface area contributed by atoms with Crippen LogP contribution >= 0.6 is 0 Å². The number of benzene rings is 2. The van der Waals surface area contributed by atoms with E-state index in [0.29, 0.717) is 33.7 Å². The first kappa shape index (κ1) is 15.1. The molecule has 0 spiro atoms. The van der Waals surface area contributed by atoms with Gasteiger partial charge in [-0.15, -0.1) is 0 Å². The molecule has 0 atom stereocenters. The Kier molecular flexibility index (Phi) is 3.53. The fourth-order valence-electron chi connectivity index (χ4n) is 2.80. The van der Waals surface area contributed by atoms with Gasteiger partial charge in [0.1, 0.15) is 0 Å². The lowest BCUT2D eigenvalue weighted by Crippen LogP contribution is -2.21. The first-order chi connectivity index (χ1) is 12.2. The number of carbonyl (C=O) groups is 1. The van der Waals surface area contributed by atoms with Crippen molar-refractivity contribution in [1.29, 1.82) is 0 Å². The zero-order valence-electron chi connectivity index (χ0n) is 13.3. The van der Waals surface area contributed by atoms with Crippen molar-refractivity contribution < 1.29 is 14.4 Å². The van der Waals surface area contributed by atoms with Crippen molar-refractivity contribution in [3.05, 3.63) is 70.3 Å². The van der Waals surface area contributed by atoms with Crippen molar-refractivity contribution in [2.24, 2.45) is 5.16 Å². The monoisotopic (exact) mass is 335 g/mol. The second kappa shape index (κ2) is 5.86. The summed E-state index contributed by atoms with van der Waals surface area (Å²) in [7, 11) is 1.27. The highest BCUT2D eigenvalue weighted by molar-refractivity contribution is 6.16. The summed E-state index contributed by atoms with van der Waals surface area (Å²) >= 11 is 0. The van der Waals surface area contributed by atoms with E-state index in [4.69, 9.17) is 4.84 Å². The third-order valence-electron chi connectivity index (χ3n) is 3.95. The van der Waals surface area contributed by atoms with E-state index in [0.717, 1.165) is 0 Å². The molecule has 0 radical (unpaired) electrons. The zero-order chi connectivity index (χ0) is 17.4. The molecule has 0 saturated heterocycles. The van der Waals surface area contributed by atoms with Crippen LogP contribution in [0.4, 0.5) is 0 Å². The van der Waals surface area contributed by atoms with Gasteiger partial charge in [-0.25, -0.2) is 9.78 Å². The smallest absolute Gasteiger partial charge is 0.346 e. The van der Waals surface area contributed by atoms with E-state index < -0.39 is 5.97 Å². The maximum absolute atomic E-state index is 12.9. The normalized spacial score (nSPS) is 13.6. The van der Waals surface area contributed by atoms with Gasteiger partial charge in [0.25, 0.3) is 5.56 Å². The topological polar surface area (TPSA) is 82.8 Å². The number of esters is 1. The lowest BCUT2D eigenvalue weighted by Gasteiger charge is -2.05. The number of nitrogens with zero attached hydrogens (tertiary/aromatic N) is 3. The Morgan fingerprint density at radius 1 is 1.16 bits per heavy atom. The van der Waals surface area contributed by atoms with E-state index in [1.54, 1.807) is 18.2 Å². The number of fused-ring (bicyclic) bond motifs is 4. The Hall–Kier alpha value is -3.48. The third-order valence-corrected chi connectivity index (χ3v) is 3.95. The number of oxime groups is 1. The molecule has 2 heterocycles. The van der Waals surface area contributed by atoms with Gasteiger partial charge in [-0.3, -0.25) is 9.36 Å². The number of rotatable bonds is 3. The van der Waals surface area contributed by atoms with Gasteiger partial charge >= 0.3 is 5.97 Å². The van der Waals surface area contributed by atoms with Crippen molar-refractivity contribution in [2.45, 2.75) is 0 Å². The highest BCUT2D eigenvalue weighted by Crippen LogP contribution is 2.26. The summed E-state index contributed by atoms with van der Waals surface area (Å²) in [6.07, 6.45) is 0. The van der Waals surface area contributed by atoms with Gasteiger partial charge in [-0.2, -0.15) is 0 Å². The van der Waals surface area contributed by atoms with Gasteiger partial charge in [-0.1, -0.05) is 35.5 Å². The molecule has 0 saturated carbocycles. The predicted molar refractivity (Wildman–Crippen MR) is 90.9 cm³/mol. The Balaban J connectivity index is 1.92. The lowest BCUT2D eigenvalue weighted by molar-refractivity contribution is -0.145. The molecule has 124 valence electrons. The fourth-order valence-corrected chi connectivity index (χ4v) is 2.80. The number of para-hydroxylation sites is 2. The zero-order valence-corrected chi connectivity index (χ0v) is 13.3. The van der Waals surface area contributed by atoms with Crippen molar-refractivity contribution in [3.63, 3.8) is 0 Å². The predicted octanol–water partition coefficient (Wildman–Crippen LogP) is 1.64. The second-order valence-corrected chi connectivity index (χ2v) is 5.40. The minimum Gasteiger partial charge on any atom is -0.466 e. The van der Waals surface area contributed by atoms with E-state index in [1.165, 1.54) is 11.7 Å². The van der Waals surface area contributed by atoms with Crippen LogP contribution < -0.4 is 5.56 Å². The van der Waals surface area contributed by atoms with Crippen LogP contribution in [0.1, 0.15) is 11.4 Å². The standard InChI is InChI=1S/C18H13N3O4/c1-24-15(22)10-25-20-16-12-7-3-5-9-14(12)21-17(16)19-13-8-4-2-6-11(13)18(21)23/h2-9H,10H2,1H3/b20-16+. The summed E-state index contributed by atoms with van der Waals surface area (Å²) in [6, 6.07) is 14.4. The van der Waals surface area contributed by atoms with E-state index in [1.807, 2.05) is 30.3 Å². The minimum atomic E-state index is -0.542. The molecule has 0 bridgehead atoms. The summed E-state index contributed by atoms with van der Waals surface area (Å²) < 4.78 is 6.04. The molecule has 1 aliphatic rings. The van der Waals surface area contributed by atoms with Gasteiger partial charge in [-0.05, 0) is 18.2 Å². The largest absolute Gasteiger partial charge is 0.466 e. The molecule has 4 rings (SSSR count). The van der Waals surface area contributed by atoms with Gasteiger partial charge in [0, 0.05) is 5.56 Å². The molecule has 2 aromatic carbocycles. The quantitative estimate of drug-likeness (QED) is 0.420. The van der Waals surface area contributed by atoms with E-state index in [9.17, 15) is 9.59 Å². The molecular weight excluding hydrogens is 322 g/mol. The molecule has 0 unspecified atom stereocenters. The number of hydrogen-bond donors (Lipinski definition) is 0. The molecule has 3 aromatic rings. The summed E-state index contributed by atoms with van der Waals surface area (Å²) in [6.45, 7) is -0.319. The van der Waals surface area contributed by atoms with Gasteiger partial charge < -0.3 is 9.57 Å². The molecule has 0 aliphatic carbocycles. The highest BCUT2D eigenvalue weighted by Gasteiger charge is 2.29. The summed E-state index contributed by atoms with van der Waals surface area (Å²) in [5, 5.41) is 4.56.